The van der Waals surface area contributed by atoms with Crippen LogP contribution in [0.4, 0.5) is 5.82 Å². The van der Waals surface area contributed by atoms with Crippen molar-refractivity contribution in [1.82, 2.24) is 4.98 Å². The molecule has 0 N–H and O–H groups in total. The van der Waals surface area contributed by atoms with Crippen molar-refractivity contribution in [2.45, 2.75) is 6.92 Å². The van der Waals surface area contributed by atoms with E-state index in [9.17, 15) is 4.79 Å². The zero-order valence-corrected chi connectivity index (χ0v) is 14.2. The SMILES string of the molecule is COC(=O)CN(C)c1ncc(-c2cccs2)c2ccc(C)cc12. The number of nitrogens with zero attached hydrogens (tertiary/aromatic N) is 2. The van der Waals surface area contributed by atoms with Crippen LogP contribution < -0.4 is 4.90 Å². The van der Waals surface area contributed by atoms with Crippen molar-refractivity contribution in [3.63, 3.8) is 0 Å². The third-order valence-corrected chi connectivity index (χ3v) is 4.67. The molecule has 0 aliphatic heterocycles. The molecule has 3 aromatic rings. The van der Waals surface area contributed by atoms with Gasteiger partial charge in [-0.05, 0) is 29.8 Å². The Labute approximate surface area is 139 Å². The summed E-state index contributed by atoms with van der Waals surface area (Å²) in [6.45, 7) is 2.23. The normalized spacial score (nSPS) is 10.7. The van der Waals surface area contributed by atoms with Crippen LogP contribution in [0.25, 0.3) is 21.2 Å². The van der Waals surface area contributed by atoms with E-state index in [1.54, 1.807) is 11.3 Å². The maximum absolute atomic E-state index is 11.6. The molecule has 0 bridgehead atoms. The van der Waals surface area contributed by atoms with E-state index in [1.807, 2.05) is 24.2 Å². The maximum atomic E-state index is 11.6. The van der Waals surface area contributed by atoms with Crippen molar-refractivity contribution in [3.05, 3.63) is 47.5 Å². The molecule has 4 nitrogen and oxygen atoms in total. The Morgan fingerprint density at radius 2 is 2.13 bits per heavy atom. The van der Waals surface area contributed by atoms with Crippen LogP contribution in [0.5, 0.6) is 0 Å². The lowest BCUT2D eigenvalue weighted by molar-refractivity contribution is -0.138. The predicted molar refractivity (Wildman–Crippen MR) is 95.1 cm³/mol. The number of thiophene rings is 1. The molecule has 23 heavy (non-hydrogen) atoms. The second-order valence-electron chi connectivity index (χ2n) is 5.45. The van der Waals surface area contributed by atoms with Gasteiger partial charge < -0.3 is 9.64 Å². The van der Waals surface area contributed by atoms with Crippen LogP contribution >= 0.6 is 11.3 Å². The monoisotopic (exact) mass is 326 g/mol. The Morgan fingerprint density at radius 3 is 2.83 bits per heavy atom. The Kier molecular flexibility index (Phi) is 4.30. The molecule has 118 valence electrons. The molecule has 5 heteroatoms. The molecule has 0 fully saturated rings. The largest absolute Gasteiger partial charge is 0.468 e. The molecule has 0 saturated heterocycles. The summed E-state index contributed by atoms with van der Waals surface area (Å²) in [7, 11) is 3.25. The Balaban J connectivity index is 2.15. The van der Waals surface area contributed by atoms with Gasteiger partial charge in [0.1, 0.15) is 12.4 Å². The summed E-state index contributed by atoms with van der Waals surface area (Å²) in [6.07, 6.45) is 1.88. The summed E-state index contributed by atoms with van der Waals surface area (Å²) < 4.78 is 4.75. The van der Waals surface area contributed by atoms with E-state index in [4.69, 9.17) is 4.74 Å². The highest BCUT2D eigenvalue weighted by Crippen LogP contribution is 2.35. The average molecular weight is 326 g/mol. The summed E-state index contributed by atoms with van der Waals surface area (Å²) in [4.78, 5) is 19.2. The molecule has 0 radical (unpaired) electrons. The van der Waals surface area contributed by atoms with Gasteiger partial charge in [0, 0.05) is 29.1 Å². The summed E-state index contributed by atoms with van der Waals surface area (Å²) in [5.74, 6) is 0.506. The molecule has 0 aliphatic carbocycles. The van der Waals surface area contributed by atoms with Gasteiger partial charge in [-0.25, -0.2) is 4.98 Å². The van der Waals surface area contributed by atoms with E-state index >= 15 is 0 Å². The number of rotatable bonds is 4. The summed E-state index contributed by atoms with van der Waals surface area (Å²) >= 11 is 1.70. The van der Waals surface area contributed by atoms with Crippen LogP contribution in [-0.4, -0.2) is 31.7 Å². The van der Waals surface area contributed by atoms with Crippen molar-refractivity contribution in [2.75, 3.05) is 25.6 Å². The second-order valence-corrected chi connectivity index (χ2v) is 6.40. The van der Waals surface area contributed by atoms with E-state index < -0.39 is 0 Å². The van der Waals surface area contributed by atoms with Gasteiger partial charge in [-0.15, -0.1) is 11.3 Å². The van der Waals surface area contributed by atoms with Crippen LogP contribution in [0.2, 0.25) is 0 Å². The molecule has 0 amide bonds. The fourth-order valence-corrected chi connectivity index (χ4v) is 3.36. The molecule has 0 aliphatic rings. The van der Waals surface area contributed by atoms with Gasteiger partial charge >= 0.3 is 5.97 Å². The van der Waals surface area contributed by atoms with Crippen molar-refractivity contribution in [2.24, 2.45) is 0 Å². The first-order valence-corrected chi connectivity index (χ1v) is 8.19. The number of benzene rings is 1. The molecule has 0 atom stereocenters. The molecule has 2 heterocycles. The van der Waals surface area contributed by atoms with Crippen molar-refractivity contribution in [1.29, 1.82) is 0 Å². The maximum Gasteiger partial charge on any atom is 0.325 e. The second kappa shape index (κ2) is 6.38. The lowest BCUT2D eigenvalue weighted by Gasteiger charge is -2.20. The molecule has 0 saturated carbocycles. The van der Waals surface area contributed by atoms with E-state index in [2.05, 4.69) is 41.6 Å². The minimum absolute atomic E-state index is 0.172. The number of pyridine rings is 1. The number of aryl methyl sites for hydroxylation is 1. The van der Waals surface area contributed by atoms with E-state index in [1.165, 1.54) is 12.0 Å². The number of aromatic nitrogens is 1. The average Bonchev–Trinajstić information content (AvgIpc) is 3.07. The third kappa shape index (κ3) is 3.05. The number of anilines is 1. The zero-order chi connectivity index (χ0) is 16.4. The number of methoxy groups -OCH3 is 1. The van der Waals surface area contributed by atoms with E-state index in [0.29, 0.717) is 0 Å². The van der Waals surface area contributed by atoms with Crippen LogP contribution in [0, 0.1) is 6.92 Å². The van der Waals surface area contributed by atoms with Crippen LogP contribution in [0.15, 0.2) is 41.9 Å². The lowest BCUT2D eigenvalue weighted by atomic mass is 10.0. The minimum Gasteiger partial charge on any atom is -0.468 e. The Hall–Kier alpha value is -2.40. The highest BCUT2D eigenvalue weighted by Gasteiger charge is 2.15. The van der Waals surface area contributed by atoms with Gasteiger partial charge in [-0.3, -0.25) is 4.79 Å². The highest BCUT2D eigenvalue weighted by molar-refractivity contribution is 7.13. The van der Waals surface area contributed by atoms with E-state index in [-0.39, 0.29) is 12.5 Å². The predicted octanol–water partition coefficient (Wildman–Crippen LogP) is 3.88. The van der Waals surface area contributed by atoms with Crippen LogP contribution in [0.3, 0.4) is 0 Å². The summed E-state index contributed by atoms with van der Waals surface area (Å²) in [6, 6.07) is 10.5. The first-order valence-electron chi connectivity index (χ1n) is 7.31. The first kappa shape index (κ1) is 15.5. The summed E-state index contributed by atoms with van der Waals surface area (Å²) in [5, 5.41) is 4.24. The lowest BCUT2D eigenvalue weighted by Crippen LogP contribution is -2.27. The quantitative estimate of drug-likeness (QED) is 0.682. The molecule has 0 unspecified atom stereocenters. The number of likely N-dealkylation sites (N-methyl/N-ethyl adjacent to an activating group) is 1. The number of hydrogen-bond acceptors (Lipinski definition) is 5. The fraction of sp³-hybridized carbons (Fsp3) is 0.222. The number of ether oxygens (including phenoxy) is 1. The number of hydrogen-bond donors (Lipinski definition) is 0. The third-order valence-electron chi connectivity index (χ3n) is 3.76. The fourth-order valence-electron chi connectivity index (χ4n) is 2.61. The number of fused-ring (bicyclic) bond motifs is 1. The number of carbonyl (C=O) groups is 1. The van der Waals surface area contributed by atoms with Gasteiger partial charge in [-0.2, -0.15) is 0 Å². The van der Waals surface area contributed by atoms with Gasteiger partial charge in [0.05, 0.1) is 7.11 Å². The molecule has 0 spiro atoms. The molecular formula is C18H18N2O2S. The smallest absolute Gasteiger partial charge is 0.325 e. The molecule has 3 rings (SSSR count). The van der Waals surface area contributed by atoms with Gasteiger partial charge in [0.2, 0.25) is 0 Å². The zero-order valence-electron chi connectivity index (χ0n) is 13.4. The topological polar surface area (TPSA) is 42.4 Å². The number of esters is 1. The van der Waals surface area contributed by atoms with Crippen molar-refractivity contribution < 1.29 is 9.53 Å². The summed E-state index contributed by atoms with van der Waals surface area (Å²) in [5.41, 5.74) is 2.28. The first-order chi connectivity index (χ1) is 11.1. The van der Waals surface area contributed by atoms with Crippen LogP contribution in [0.1, 0.15) is 5.56 Å². The Bertz CT molecular complexity index is 844. The molecule has 1 aromatic carbocycles. The standard InChI is InChI=1S/C18H18N2O2S/c1-12-6-7-13-14(9-12)18(20(2)11-17(21)22-3)19-10-15(13)16-5-4-8-23-16/h4-10H,11H2,1-3H3. The van der Waals surface area contributed by atoms with Gasteiger partial charge in [-0.1, -0.05) is 23.8 Å². The van der Waals surface area contributed by atoms with E-state index in [0.717, 1.165) is 27.7 Å². The van der Waals surface area contributed by atoms with Gasteiger partial charge in [0.15, 0.2) is 0 Å². The highest BCUT2D eigenvalue weighted by atomic mass is 32.1. The van der Waals surface area contributed by atoms with Gasteiger partial charge in [0.25, 0.3) is 0 Å². The Morgan fingerprint density at radius 1 is 1.30 bits per heavy atom. The van der Waals surface area contributed by atoms with Crippen molar-refractivity contribution in [3.8, 4) is 10.4 Å². The van der Waals surface area contributed by atoms with Crippen molar-refractivity contribution >= 4 is 33.9 Å². The van der Waals surface area contributed by atoms with Crippen LogP contribution in [-0.2, 0) is 9.53 Å². The molecule has 2 aromatic heterocycles. The minimum atomic E-state index is -0.280. The molecular weight excluding hydrogens is 308 g/mol. The number of carbonyl (C=O) groups excluding carboxylic acids is 1.